The summed E-state index contributed by atoms with van der Waals surface area (Å²) in [6.45, 7) is 0.851. The molecule has 104 valence electrons. The zero-order valence-electron chi connectivity index (χ0n) is 11.5. The molecule has 2 heterocycles. The molecule has 19 heavy (non-hydrogen) atoms. The number of ether oxygens (including phenoxy) is 1. The van der Waals surface area contributed by atoms with Crippen molar-refractivity contribution in [1.29, 1.82) is 0 Å². The van der Waals surface area contributed by atoms with Gasteiger partial charge in [-0.3, -0.25) is 4.79 Å². The SMILES string of the molecule is COC(=O)C1CCn2c(CC3CCCC3)nnc2C1. The van der Waals surface area contributed by atoms with E-state index in [4.69, 9.17) is 4.74 Å². The maximum atomic E-state index is 11.6. The van der Waals surface area contributed by atoms with Crippen molar-refractivity contribution in [3.05, 3.63) is 11.6 Å². The Kier molecular flexibility index (Phi) is 3.53. The summed E-state index contributed by atoms with van der Waals surface area (Å²) in [4.78, 5) is 11.6. The number of nitrogens with zero attached hydrogens (tertiary/aromatic N) is 3. The molecular formula is C14H21N3O2. The average Bonchev–Trinajstić information content (AvgIpc) is 3.08. The van der Waals surface area contributed by atoms with E-state index in [2.05, 4.69) is 14.8 Å². The van der Waals surface area contributed by atoms with Crippen molar-refractivity contribution in [2.45, 2.75) is 51.5 Å². The predicted molar refractivity (Wildman–Crippen MR) is 69.5 cm³/mol. The number of hydrogen-bond donors (Lipinski definition) is 0. The van der Waals surface area contributed by atoms with Gasteiger partial charge in [0.05, 0.1) is 13.0 Å². The topological polar surface area (TPSA) is 57.0 Å². The van der Waals surface area contributed by atoms with E-state index >= 15 is 0 Å². The second-order valence-corrected chi connectivity index (χ2v) is 5.75. The summed E-state index contributed by atoms with van der Waals surface area (Å²) in [5.41, 5.74) is 0. The first-order valence-electron chi connectivity index (χ1n) is 7.26. The number of rotatable bonds is 3. The Labute approximate surface area is 113 Å². The monoisotopic (exact) mass is 263 g/mol. The molecule has 5 nitrogen and oxygen atoms in total. The lowest BCUT2D eigenvalue weighted by Gasteiger charge is -2.22. The minimum atomic E-state index is -0.119. The van der Waals surface area contributed by atoms with Crippen LogP contribution in [0, 0.1) is 11.8 Å². The van der Waals surface area contributed by atoms with Crippen molar-refractivity contribution in [3.8, 4) is 0 Å². The third-order valence-corrected chi connectivity index (χ3v) is 4.51. The maximum absolute atomic E-state index is 11.6. The molecule has 1 aliphatic carbocycles. The fraction of sp³-hybridized carbons (Fsp3) is 0.786. The quantitative estimate of drug-likeness (QED) is 0.780. The molecular weight excluding hydrogens is 242 g/mol. The Bertz CT molecular complexity index is 463. The molecule has 1 saturated carbocycles. The normalized spacial score (nSPS) is 23.3. The maximum Gasteiger partial charge on any atom is 0.309 e. The van der Waals surface area contributed by atoms with Crippen LogP contribution >= 0.6 is 0 Å². The van der Waals surface area contributed by atoms with Gasteiger partial charge in [-0.15, -0.1) is 10.2 Å². The smallest absolute Gasteiger partial charge is 0.309 e. The number of carbonyl (C=O) groups excluding carboxylic acids is 1. The lowest BCUT2D eigenvalue weighted by molar-refractivity contribution is -0.146. The van der Waals surface area contributed by atoms with Crippen LogP contribution in [0.5, 0.6) is 0 Å². The van der Waals surface area contributed by atoms with Crippen molar-refractivity contribution in [2.24, 2.45) is 11.8 Å². The molecule has 1 aromatic rings. The summed E-state index contributed by atoms with van der Waals surface area (Å²) in [6.07, 6.45) is 7.93. The lowest BCUT2D eigenvalue weighted by Crippen LogP contribution is -2.27. The third-order valence-electron chi connectivity index (χ3n) is 4.51. The van der Waals surface area contributed by atoms with E-state index in [1.165, 1.54) is 32.8 Å². The standard InChI is InChI=1S/C14H21N3O2/c1-19-14(18)11-6-7-17-12(15-16-13(17)9-11)8-10-4-2-3-5-10/h10-11H,2-9H2,1H3. The first kappa shape index (κ1) is 12.6. The molecule has 1 atom stereocenters. The van der Waals surface area contributed by atoms with Gasteiger partial charge >= 0.3 is 5.97 Å². The summed E-state index contributed by atoms with van der Waals surface area (Å²) in [7, 11) is 1.45. The summed E-state index contributed by atoms with van der Waals surface area (Å²) in [5, 5.41) is 8.61. The second-order valence-electron chi connectivity index (χ2n) is 5.75. The van der Waals surface area contributed by atoms with E-state index in [1.54, 1.807) is 0 Å². The molecule has 0 saturated heterocycles. The van der Waals surface area contributed by atoms with Gasteiger partial charge in [-0.2, -0.15) is 0 Å². The fourth-order valence-electron chi connectivity index (χ4n) is 3.38. The Morgan fingerprint density at radius 2 is 2.11 bits per heavy atom. The number of carbonyl (C=O) groups is 1. The highest BCUT2D eigenvalue weighted by molar-refractivity contribution is 5.72. The van der Waals surface area contributed by atoms with E-state index in [-0.39, 0.29) is 11.9 Å². The van der Waals surface area contributed by atoms with Crippen LogP contribution in [0.25, 0.3) is 0 Å². The Morgan fingerprint density at radius 3 is 2.84 bits per heavy atom. The highest BCUT2D eigenvalue weighted by Gasteiger charge is 2.29. The minimum absolute atomic E-state index is 0.0407. The van der Waals surface area contributed by atoms with Gasteiger partial charge in [-0.25, -0.2) is 0 Å². The predicted octanol–water partition coefficient (Wildman–Crippen LogP) is 1.75. The molecule has 0 amide bonds. The second kappa shape index (κ2) is 5.31. The molecule has 0 spiro atoms. The van der Waals surface area contributed by atoms with Crippen LogP contribution in [0.4, 0.5) is 0 Å². The van der Waals surface area contributed by atoms with Crippen molar-refractivity contribution < 1.29 is 9.53 Å². The Morgan fingerprint density at radius 1 is 1.32 bits per heavy atom. The first-order valence-corrected chi connectivity index (χ1v) is 7.26. The summed E-state index contributed by atoms with van der Waals surface area (Å²) in [5.74, 6) is 2.69. The number of methoxy groups -OCH3 is 1. The van der Waals surface area contributed by atoms with Gasteiger partial charge in [0.2, 0.25) is 0 Å². The summed E-state index contributed by atoms with van der Waals surface area (Å²) < 4.78 is 7.04. The molecule has 3 rings (SSSR count). The molecule has 1 aliphatic heterocycles. The lowest BCUT2D eigenvalue weighted by atomic mass is 9.97. The summed E-state index contributed by atoms with van der Waals surface area (Å²) in [6, 6.07) is 0. The van der Waals surface area contributed by atoms with Crippen LogP contribution in [0.2, 0.25) is 0 Å². The molecule has 1 fully saturated rings. The van der Waals surface area contributed by atoms with Gasteiger partial charge in [-0.05, 0) is 12.3 Å². The zero-order valence-corrected chi connectivity index (χ0v) is 11.5. The van der Waals surface area contributed by atoms with E-state index in [9.17, 15) is 4.79 Å². The molecule has 1 aromatic heterocycles. The van der Waals surface area contributed by atoms with E-state index in [0.29, 0.717) is 6.42 Å². The number of fused-ring (bicyclic) bond motifs is 1. The first-order chi connectivity index (χ1) is 9.28. The average molecular weight is 263 g/mol. The third kappa shape index (κ3) is 2.51. The van der Waals surface area contributed by atoms with Crippen LogP contribution in [-0.2, 0) is 28.9 Å². The molecule has 0 radical (unpaired) electrons. The van der Waals surface area contributed by atoms with Crippen LogP contribution in [0.15, 0.2) is 0 Å². The van der Waals surface area contributed by atoms with E-state index < -0.39 is 0 Å². The summed E-state index contributed by atoms with van der Waals surface area (Å²) >= 11 is 0. The molecule has 0 bridgehead atoms. The number of aromatic nitrogens is 3. The van der Waals surface area contributed by atoms with Crippen molar-refractivity contribution in [2.75, 3.05) is 7.11 Å². The molecule has 2 aliphatic rings. The van der Waals surface area contributed by atoms with Gasteiger partial charge in [0.15, 0.2) is 0 Å². The Hall–Kier alpha value is -1.39. The fourth-order valence-corrected chi connectivity index (χ4v) is 3.38. The van der Waals surface area contributed by atoms with Crippen molar-refractivity contribution >= 4 is 5.97 Å². The van der Waals surface area contributed by atoms with Gasteiger partial charge < -0.3 is 9.30 Å². The molecule has 1 unspecified atom stereocenters. The molecule has 5 heteroatoms. The van der Waals surface area contributed by atoms with Gasteiger partial charge in [0.1, 0.15) is 11.6 Å². The van der Waals surface area contributed by atoms with Crippen LogP contribution in [0.1, 0.15) is 43.8 Å². The zero-order chi connectivity index (χ0) is 13.2. The van der Waals surface area contributed by atoms with Crippen LogP contribution < -0.4 is 0 Å². The van der Waals surface area contributed by atoms with Gasteiger partial charge in [0.25, 0.3) is 0 Å². The van der Waals surface area contributed by atoms with Crippen molar-refractivity contribution in [1.82, 2.24) is 14.8 Å². The van der Waals surface area contributed by atoms with Crippen molar-refractivity contribution in [3.63, 3.8) is 0 Å². The highest BCUT2D eigenvalue weighted by atomic mass is 16.5. The number of esters is 1. The molecule has 0 aromatic carbocycles. The highest BCUT2D eigenvalue weighted by Crippen LogP contribution is 2.29. The minimum Gasteiger partial charge on any atom is -0.469 e. The van der Waals surface area contributed by atoms with Crippen LogP contribution in [-0.4, -0.2) is 27.8 Å². The Balaban J connectivity index is 1.70. The molecule has 0 N–H and O–H groups in total. The van der Waals surface area contributed by atoms with Gasteiger partial charge in [-0.1, -0.05) is 25.7 Å². The van der Waals surface area contributed by atoms with E-state index in [0.717, 1.165) is 37.0 Å². The number of hydrogen-bond acceptors (Lipinski definition) is 4. The van der Waals surface area contributed by atoms with Crippen LogP contribution in [0.3, 0.4) is 0 Å². The van der Waals surface area contributed by atoms with E-state index in [1.807, 2.05) is 0 Å². The van der Waals surface area contributed by atoms with Gasteiger partial charge in [0, 0.05) is 19.4 Å². The largest absolute Gasteiger partial charge is 0.469 e.